The summed E-state index contributed by atoms with van der Waals surface area (Å²) in [5.41, 5.74) is 2.52. The van der Waals surface area contributed by atoms with E-state index in [1.165, 1.54) is 0 Å². The first kappa shape index (κ1) is 15.0. The van der Waals surface area contributed by atoms with Crippen molar-refractivity contribution in [2.75, 3.05) is 14.2 Å². The van der Waals surface area contributed by atoms with E-state index in [1.54, 1.807) is 37.0 Å². The lowest BCUT2D eigenvalue weighted by molar-refractivity contribution is 0.354. The number of rotatable bonds is 2. The third-order valence-corrected chi connectivity index (χ3v) is 4.61. The summed E-state index contributed by atoms with van der Waals surface area (Å²) in [6, 6.07) is 8.98. The number of hydrogen-bond donors (Lipinski definition) is 0. The predicted octanol–water partition coefficient (Wildman–Crippen LogP) is 3.29. The highest BCUT2D eigenvalue weighted by Crippen LogP contribution is 2.37. The molecule has 0 N–H and O–H groups in total. The number of halogens is 1. The number of nitrogens with zero attached hydrogens (tertiary/aromatic N) is 2. The normalized spacial score (nSPS) is 12.6. The second-order valence-electron chi connectivity index (χ2n) is 5.67. The summed E-state index contributed by atoms with van der Waals surface area (Å²) < 4.78 is 12.5. The first-order valence-electron chi connectivity index (χ1n) is 7.57. The smallest absolute Gasteiger partial charge is 0.261 e. The van der Waals surface area contributed by atoms with Crippen LogP contribution in [0, 0.1) is 0 Å². The van der Waals surface area contributed by atoms with Gasteiger partial charge in [0.2, 0.25) is 0 Å². The molecule has 1 aromatic heterocycles. The van der Waals surface area contributed by atoms with Gasteiger partial charge in [-0.15, -0.1) is 0 Å². The lowest BCUT2D eigenvalue weighted by Crippen LogP contribution is -2.27. The minimum atomic E-state index is -0.0490. The van der Waals surface area contributed by atoms with E-state index in [-0.39, 0.29) is 5.56 Å². The predicted molar refractivity (Wildman–Crippen MR) is 93.3 cm³/mol. The number of methoxy groups -OCH3 is 2. The Balaban J connectivity index is 2.04. The van der Waals surface area contributed by atoms with Crippen LogP contribution in [-0.4, -0.2) is 23.8 Å². The van der Waals surface area contributed by atoms with Crippen LogP contribution in [0.3, 0.4) is 0 Å². The van der Waals surface area contributed by atoms with Crippen molar-refractivity contribution < 1.29 is 9.47 Å². The molecule has 0 radical (unpaired) electrons. The molecule has 0 saturated heterocycles. The van der Waals surface area contributed by atoms with Gasteiger partial charge in [0, 0.05) is 17.1 Å². The topological polar surface area (TPSA) is 53.4 Å². The molecule has 4 rings (SSSR count). The fourth-order valence-electron chi connectivity index (χ4n) is 3.18. The number of benzene rings is 2. The molecule has 0 atom stereocenters. The lowest BCUT2D eigenvalue weighted by atomic mass is 9.99. The van der Waals surface area contributed by atoms with Gasteiger partial charge in [-0.1, -0.05) is 11.6 Å². The van der Waals surface area contributed by atoms with Crippen LogP contribution in [-0.2, 0) is 13.0 Å². The monoisotopic (exact) mass is 342 g/mol. The Morgan fingerprint density at radius 2 is 1.88 bits per heavy atom. The van der Waals surface area contributed by atoms with Gasteiger partial charge in [-0.3, -0.25) is 9.36 Å². The summed E-state index contributed by atoms with van der Waals surface area (Å²) in [5.74, 6) is 1.93. The molecule has 0 unspecified atom stereocenters. The van der Waals surface area contributed by atoms with E-state index in [0.717, 1.165) is 17.5 Å². The van der Waals surface area contributed by atoms with Crippen LogP contribution in [0.4, 0.5) is 0 Å². The fourth-order valence-corrected chi connectivity index (χ4v) is 3.34. The molecule has 0 amide bonds. The molecule has 0 saturated carbocycles. The van der Waals surface area contributed by atoms with Gasteiger partial charge in [-0.2, -0.15) is 0 Å². The van der Waals surface area contributed by atoms with E-state index in [1.807, 2.05) is 12.1 Å². The quantitative estimate of drug-likeness (QED) is 0.717. The van der Waals surface area contributed by atoms with Crippen molar-refractivity contribution in [3.05, 3.63) is 51.3 Å². The summed E-state index contributed by atoms with van der Waals surface area (Å²) in [7, 11) is 3.20. The fraction of sp³-hybridized carbons (Fsp3) is 0.222. The Morgan fingerprint density at radius 1 is 1.12 bits per heavy atom. The molecule has 0 bridgehead atoms. The van der Waals surface area contributed by atoms with Gasteiger partial charge in [0.1, 0.15) is 5.82 Å². The van der Waals surface area contributed by atoms with Crippen LogP contribution < -0.4 is 15.0 Å². The molecule has 0 fully saturated rings. The van der Waals surface area contributed by atoms with Crippen LogP contribution in [0.5, 0.6) is 11.5 Å². The van der Waals surface area contributed by atoms with Gasteiger partial charge in [0.15, 0.2) is 11.5 Å². The van der Waals surface area contributed by atoms with E-state index >= 15 is 0 Å². The molecular weight excluding hydrogens is 328 g/mol. The van der Waals surface area contributed by atoms with E-state index in [4.69, 9.17) is 26.1 Å². The van der Waals surface area contributed by atoms with Crippen molar-refractivity contribution in [2.24, 2.45) is 0 Å². The zero-order valence-corrected chi connectivity index (χ0v) is 14.1. The largest absolute Gasteiger partial charge is 0.493 e. The number of hydrogen-bond acceptors (Lipinski definition) is 4. The minimum Gasteiger partial charge on any atom is -0.493 e. The molecule has 3 aromatic rings. The van der Waals surface area contributed by atoms with Crippen LogP contribution in [0.1, 0.15) is 5.56 Å². The second-order valence-corrected chi connectivity index (χ2v) is 6.10. The van der Waals surface area contributed by atoms with Gasteiger partial charge >= 0.3 is 0 Å². The van der Waals surface area contributed by atoms with Gasteiger partial charge < -0.3 is 9.47 Å². The average Bonchev–Trinajstić information content (AvgIpc) is 2.60. The first-order chi connectivity index (χ1) is 11.6. The van der Waals surface area contributed by atoms with Crippen molar-refractivity contribution in [3.8, 4) is 22.9 Å². The van der Waals surface area contributed by atoms with Crippen LogP contribution in [0.15, 0.2) is 35.1 Å². The molecule has 2 heterocycles. The molecule has 0 aliphatic carbocycles. The van der Waals surface area contributed by atoms with E-state index in [2.05, 4.69) is 0 Å². The maximum absolute atomic E-state index is 12.8. The summed E-state index contributed by atoms with van der Waals surface area (Å²) in [4.78, 5) is 17.5. The number of fused-ring (bicyclic) bond motifs is 4. The van der Waals surface area contributed by atoms with Crippen LogP contribution in [0.2, 0.25) is 5.02 Å². The van der Waals surface area contributed by atoms with Crippen LogP contribution in [0.25, 0.3) is 22.3 Å². The summed E-state index contributed by atoms with van der Waals surface area (Å²) in [6.07, 6.45) is 0.739. The Labute approximate surface area is 143 Å². The zero-order chi connectivity index (χ0) is 16.8. The van der Waals surface area contributed by atoms with E-state index in [0.29, 0.717) is 39.8 Å². The van der Waals surface area contributed by atoms with Crippen molar-refractivity contribution in [3.63, 3.8) is 0 Å². The molecule has 1 aliphatic rings. The van der Waals surface area contributed by atoms with Crippen molar-refractivity contribution in [1.29, 1.82) is 0 Å². The Morgan fingerprint density at radius 3 is 2.62 bits per heavy atom. The number of aryl methyl sites for hydroxylation is 1. The molecule has 1 aliphatic heterocycles. The maximum atomic E-state index is 12.8. The average molecular weight is 343 g/mol. The van der Waals surface area contributed by atoms with Gasteiger partial charge in [0.25, 0.3) is 5.56 Å². The highest BCUT2D eigenvalue weighted by atomic mass is 35.5. The molecule has 2 aromatic carbocycles. The number of aromatic nitrogens is 2. The highest BCUT2D eigenvalue weighted by Gasteiger charge is 2.22. The second kappa shape index (κ2) is 5.53. The van der Waals surface area contributed by atoms with E-state index < -0.39 is 0 Å². The molecule has 122 valence electrons. The lowest BCUT2D eigenvalue weighted by Gasteiger charge is -2.23. The van der Waals surface area contributed by atoms with Crippen LogP contribution >= 0.6 is 11.6 Å². The standard InChI is InChI=1S/C18H15ClN2O3/c1-23-15-7-10-5-6-21-17(13(10)9-16(15)24-2)20-14-8-11(19)3-4-12(14)18(21)22/h3-4,7-9H,5-6H2,1-2H3. The van der Waals surface area contributed by atoms with Crippen molar-refractivity contribution in [1.82, 2.24) is 9.55 Å². The minimum absolute atomic E-state index is 0.0490. The van der Waals surface area contributed by atoms with Crippen molar-refractivity contribution >= 4 is 22.5 Å². The third-order valence-electron chi connectivity index (χ3n) is 4.37. The number of ether oxygens (including phenoxy) is 2. The molecule has 5 nitrogen and oxygen atoms in total. The summed E-state index contributed by atoms with van der Waals surface area (Å²) in [6.45, 7) is 0.586. The third kappa shape index (κ3) is 2.16. The van der Waals surface area contributed by atoms with E-state index in [9.17, 15) is 4.79 Å². The molecular formula is C18H15ClN2O3. The summed E-state index contributed by atoms with van der Waals surface area (Å²) >= 11 is 6.06. The molecule has 0 spiro atoms. The highest BCUT2D eigenvalue weighted by molar-refractivity contribution is 6.31. The first-order valence-corrected chi connectivity index (χ1v) is 7.95. The molecule has 6 heteroatoms. The Hall–Kier alpha value is -2.53. The maximum Gasteiger partial charge on any atom is 0.261 e. The SMILES string of the molecule is COc1cc2c(cc1OC)-c1nc3cc(Cl)ccc3c(=O)n1CC2. The Bertz CT molecular complexity index is 1030. The van der Waals surface area contributed by atoms with Gasteiger partial charge in [-0.05, 0) is 42.3 Å². The summed E-state index contributed by atoms with van der Waals surface area (Å²) in [5, 5.41) is 1.13. The zero-order valence-electron chi connectivity index (χ0n) is 13.3. The van der Waals surface area contributed by atoms with Gasteiger partial charge in [-0.25, -0.2) is 4.98 Å². The Kier molecular flexibility index (Phi) is 3.46. The van der Waals surface area contributed by atoms with Crippen molar-refractivity contribution in [2.45, 2.75) is 13.0 Å². The van der Waals surface area contributed by atoms with Gasteiger partial charge in [0.05, 0.1) is 25.1 Å². The molecule has 24 heavy (non-hydrogen) atoms.